The predicted octanol–water partition coefficient (Wildman–Crippen LogP) is 1.55. The van der Waals surface area contributed by atoms with Gasteiger partial charge in [0.1, 0.15) is 5.69 Å². The molecule has 0 radical (unpaired) electrons. The molecule has 0 saturated carbocycles. The maximum Gasteiger partial charge on any atom is 0.358 e. The third-order valence-corrected chi connectivity index (χ3v) is 3.13. The summed E-state index contributed by atoms with van der Waals surface area (Å²) >= 11 is 1.49. The summed E-state index contributed by atoms with van der Waals surface area (Å²) in [5.74, 6) is -1.05. The van der Waals surface area contributed by atoms with Gasteiger partial charge in [-0.3, -0.25) is 0 Å². The molecule has 2 rings (SSSR count). The summed E-state index contributed by atoms with van der Waals surface area (Å²) in [6, 6.07) is 1.94. The lowest BCUT2D eigenvalue weighted by Crippen LogP contribution is -2.01. The molecule has 0 aliphatic carbocycles. The molecule has 0 aromatic carbocycles. The number of hydrogen-bond donors (Lipinski definition) is 1. The number of aromatic nitrogens is 3. The molecule has 0 bridgehead atoms. The first kappa shape index (κ1) is 9.85. The summed E-state index contributed by atoms with van der Waals surface area (Å²) in [4.78, 5) is 11.8. The molecule has 78 valence electrons. The van der Waals surface area contributed by atoms with Crippen LogP contribution in [0.2, 0.25) is 0 Å². The van der Waals surface area contributed by atoms with Crippen molar-refractivity contribution < 1.29 is 9.90 Å². The van der Waals surface area contributed by atoms with Crippen LogP contribution in [0.3, 0.4) is 0 Å². The summed E-state index contributed by atoms with van der Waals surface area (Å²) in [5.41, 5.74) is 1.60. The smallest absolute Gasteiger partial charge is 0.358 e. The standard InChI is InChI=1S/C9H9N3O2S/c1-5-3-4-15-8(5)7-6(9(13)14)10-11-12(7)2/h3-4H,1-2H3,(H,13,14). The average Bonchev–Trinajstić information content (AvgIpc) is 2.71. The second kappa shape index (κ2) is 3.47. The fourth-order valence-electron chi connectivity index (χ4n) is 1.37. The highest BCUT2D eigenvalue weighted by Gasteiger charge is 2.20. The van der Waals surface area contributed by atoms with Crippen molar-refractivity contribution >= 4 is 17.3 Å². The maximum absolute atomic E-state index is 10.9. The number of hydrogen-bond acceptors (Lipinski definition) is 4. The van der Waals surface area contributed by atoms with Gasteiger partial charge in [-0.05, 0) is 23.9 Å². The highest BCUT2D eigenvalue weighted by Crippen LogP contribution is 2.30. The number of aromatic carboxylic acids is 1. The van der Waals surface area contributed by atoms with E-state index in [4.69, 9.17) is 5.11 Å². The third-order valence-electron chi connectivity index (χ3n) is 2.11. The van der Waals surface area contributed by atoms with Gasteiger partial charge in [0.2, 0.25) is 0 Å². The van der Waals surface area contributed by atoms with Gasteiger partial charge < -0.3 is 5.11 Å². The van der Waals surface area contributed by atoms with Crippen LogP contribution in [0.1, 0.15) is 16.1 Å². The molecule has 2 aromatic heterocycles. The molecule has 0 amide bonds. The quantitative estimate of drug-likeness (QED) is 0.838. The average molecular weight is 223 g/mol. The van der Waals surface area contributed by atoms with Crippen molar-refractivity contribution in [2.75, 3.05) is 0 Å². The zero-order chi connectivity index (χ0) is 11.0. The number of carbonyl (C=O) groups is 1. The first-order chi connectivity index (χ1) is 7.11. The van der Waals surface area contributed by atoms with E-state index in [1.807, 2.05) is 18.4 Å². The number of rotatable bonds is 2. The van der Waals surface area contributed by atoms with E-state index in [-0.39, 0.29) is 5.69 Å². The molecule has 0 aliphatic rings. The Morgan fingerprint density at radius 1 is 1.60 bits per heavy atom. The highest BCUT2D eigenvalue weighted by atomic mass is 32.1. The summed E-state index contributed by atoms with van der Waals surface area (Å²) in [6.45, 7) is 1.93. The number of thiophene rings is 1. The summed E-state index contributed by atoms with van der Waals surface area (Å²) in [6.07, 6.45) is 0. The van der Waals surface area contributed by atoms with E-state index < -0.39 is 5.97 Å². The van der Waals surface area contributed by atoms with Crippen molar-refractivity contribution in [1.82, 2.24) is 15.0 Å². The monoisotopic (exact) mass is 223 g/mol. The van der Waals surface area contributed by atoms with Gasteiger partial charge in [0.25, 0.3) is 0 Å². The minimum Gasteiger partial charge on any atom is -0.476 e. The fourth-order valence-corrected chi connectivity index (χ4v) is 2.37. The second-order valence-corrected chi connectivity index (χ2v) is 4.06. The normalized spacial score (nSPS) is 10.5. The first-order valence-corrected chi connectivity index (χ1v) is 5.16. The van der Waals surface area contributed by atoms with E-state index in [0.717, 1.165) is 10.4 Å². The van der Waals surface area contributed by atoms with E-state index in [1.165, 1.54) is 16.0 Å². The van der Waals surface area contributed by atoms with Gasteiger partial charge in [-0.15, -0.1) is 16.4 Å². The molecule has 0 aliphatic heterocycles. The Balaban J connectivity index is 2.66. The Kier molecular flexibility index (Phi) is 2.28. The van der Waals surface area contributed by atoms with Crippen molar-refractivity contribution in [1.29, 1.82) is 0 Å². The maximum atomic E-state index is 10.9. The molecule has 0 spiro atoms. The van der Waals surface area contributed by atoms with Gasteiger partial charge in [0, 0.05) is 7.05 Å². The Bertz CT molecular complexity index is 515. The highest BCUT2D eigenvalue weighted by molar-refractivity contribution is 7.13. The van der Waals surface area contributed by atoms with Crippen molar-refractivity contribution in [3.05, 3.63) is 22.7 Å². The van der Waals surface area contributed by atoms with Crippen LogP contribution in [0.15, 0.2) is 11.4 Å². The first-order valence-electron chi connectivity index (χ1n) is 4.28. The Hall–Kier alpha value is -1.69. The number of aryl methyl sites for hydroxylation is 2. The summed E-state index contributed by atoms with van der Waals surface area (Å²) in [7, 11) is 1.69. The second-order valence-electron chi connectivity index (χ2n) is 3.15. The molecule has 15 heavy (non-hydrogen) atoms. The van der Waals surface area contributed by atoms with E-state index in [0.29, 0.717) is 5.69 Å². The van der Waals surface area contributed by atoms with Crippen LogP contribution in [0, 0.1) is 6.92 Å². The summed E-state index contributed by atoms with van der Waals surface area (Å²) in [5, 5.41) is 18.2. The Morgan fingerprint density at radius 2 is 2.33 bits per heavy atom. The number of carboxylic acid groups (broad SMARTS) is 1. The van der Waals surface area contributed by atoms with Gasteiger partial charge in [-0.25, -0.2) is 9.48 Å². The topological polar surface area (TPSA) is 68.0 Å². The summed E-state index contributed by atoms with van der Waals surface area (Å²) < 4.78 is 1.49. The van der Waals surface area contributed by atoms with Crippen LogP contribution in [0.25, 0.3) is 10.6 Å². The zero-order valence-electron chi connectivity index (χ0n) is 8.26. The van der Waals surface area contributed by atoms with Gasteiger partial charge in [0.05, 0.1) is 4.88 Å². The van der Waals surface area contributed by atoms with Gasteiger partial charge in [0.15, 0.2) is 5.69 Å². The van der Waals surface area contributed by atoms with Crippen LogP contribution in [0.5, 0.6) is 0 Å². The molecule has 2 aromatic rings. The molecular weight excluding hydrogens is 214 g/mol. The van der Waals surface area contributed by atoms with E-state index in [1.54, 1.807) is 7.05 Å². The molecule has 0 saturated heterocycles. The third kappa shape index (κ3) is 1.52. The molecule has 5 nitrogen and oxygen atoms in total. The lowest BCUT2D eigenvalue weighted by molar-refractivity contribution is 0.0691. The molecular formula is C9H9N3O2S. The SMILES string of the molecule is Cc1ccsc1-c1c(C(=O)O)nnn1C. The molecule has 0 fully saturated rings. The van der Waals surface area contributed by atoms with Crippen LogP contribution >= 0.6 is 11.3 Å². The predicted molar refractivity (Wildman–Crippen MR) is 56.0 cm³/mol. The minimum atomic E-state index is -1.05. The lowest BCUT2D eigenvalue weighted by atomic mass is 10.2. The van der Waals surface area contributed by atoms with Gasteiger partial charge in [-0.2, -0.15) is 0 Å². The van der Waals surface area contributed by atoms with Crippen LogP contribution in [-0.2, 0) is 7.05 Å². The molecule has 2 heterocycles. The molecule has 6 heteroatoms. The van der Waals surface area contributed by atoms with Crippen LogP contribution < -0.4 is 0 Å². The number of nitrogens with zero attached hydrogens (tertiary/aromatic N) is 3. The Labute approximate surface area is 90.0 Å². The van der Waals surface area contributed by atoms with Crippen molar-refractivity contribution in [3.63, 3.8) is 0 Å². The van der Waals surface area contributed by atoms with Crippen molar-refractivity contribution in [3.8, 4) is 10.6 Å². The zero-order valence-corrected chi connectivity index (χ0v) is 9.08. The van der Waals surface area contributed by atoms with Crippen molar-refractivity contribution in [2.45, 2.75) is 6.92 Å². The van der Waals surface area contributed by atoms with Gasteiger partial charge in [-0.1, -0.05) is 5.21 Å². The lowest BCUT2D eigenvalue weighted by Gasteiger charge is -2.00. The van der Waals surface area contributed by atoms with Gasteiger partial charge >= 0.3 is 5.97 Å². The van der Waals surface area contributed by atoms with E-state index in [2.05, 4.69) is 10.3 Å². The van der Waals surface area contributed by atoms with Crippen LogP contribution in [0.4, 0.5) is 0 Å². The molecule has 0 unspecified atom stereocenters. The van der Waals surface area contributed by atoms with Crippen molar-refractivity contribution in [2.24, 2.45) is 7.05 Å². The molecule has 1 N–H and O–H groups in total. The largest absolute Gasteiger partial charge is 0.476 e. The Morgan fingerprint density at radius 3 is 2.87 bits per heavy atom. The van der Waals surface area contributed by atoms with E-state index >= 15 is 0 Å². The fraction of sp³-hybridized carbons (Fsp3) is 0.222. The van der Waals surface area contributed by atoms with Crippen LogP contribution in [-0.4, -0.2) is 26.1 Å². The molecule has 0 atom stereocenters. The minimum absolute atomic E-state index is 0.00282. The number of carboxylic acids is 1. The van der Waals surface area contributed by atoms with E-state index in [9.17, 15) is 4.79 Å².